The van der Waals surface area contributed by atoms with Gasteiger partial charge < -0.3 is 9.55 Å². The molecule has 0 aromatic carbocycles. The van der Waals surface area contributed by atoms with Crippen molar-refractivity contribution in [2.24, 2.45) is 0 Å². The Kier molecular flexibility index (Phi) is 4.28. The van der Waals surface area contributed by atoms with Crippen LogP contribution in [-0.2, 0) is 6.54 Å². The third-order valence-electron chi connectivity index (χ3n) is 6.04. The molecule has 5 aromatic heterocycles. The average molecular weight is 467 g/mol. The maximum atomic E-state index is 12.9. The highest BCUT2D eigenvalue weighted by atomic mass is 19.4. The van der Waals surface area contributed by atoms with Crippen molar-refractivity contribution in [3.63, 3.8) is 0 Å². The predicted molar refractivity (Wildman–Crippen MR) is 116 cm³/mol. The van der Waals surface area contributed by atoms with E-state index in [9.17, 15) is 22.8 Å². The molecule has 9 nitrogen and oxygen atoms in total. The second-order valence-electron chi connectivity index (χ2n) is 8.32. The van der Waals surface area contributed by atoms with Crippen LogP contribution in [-0.4, -0.2) is 40.3 Å². The molecule has 0 bridgehead atoms. The number of imidazole rings is 1. The summed E-state index contributed by atoms with van der Waals surface area (Å²) in [5.41, 5.74) is 1.86. The van der Waals surface area contributed by atoms with Crippen LogP contribution in [0.5, 0.6) is 0 Å². The summed E-state index contributed by atoms with van der Waals surface area (Å²) in [6.45, 7) is -1.10. The number of pyridine rings is 1. The highest BCUT2D eigenvalue weighted by Gasteiger charge is 2.42. The first-order chi connectivity index (χ1) is 16.3. The zero-order valence-electron chi connectivity index (χ0n) is 17.4. The van der Waals surface area contributed by atoms with Crippen molar-refractivity contribution in [2.45, 2.75) is 31.0 Å². The van der Waals surface area contributed by atoms with Gasteiger partial charge in [0, 0.05) is 47.3 Å². The minimum absolute atomic E-state index is 0.00414. The Morgan fingerprint density at radius 2 is 1.94 bits per heavy atom. The number of halogens is 3. The number of fused-ring (bicyclic) bond motifs is 2. The summed E-state index contributed by atoms with van der Waals surface area (Å²) in [7, 11) is 0. The number of aromatic amines is 2. The standard InChI is InChI=1S/C22H16F3N7O2/c23-22(24,25)10-31-5-3-11-1-2-16(28-18(11)31)13-7-12(13)14-8-17(30-32-6-4-26-19(14)32)15-9-27-21(34)29-20(15)33/h1-6,8-9,12-13H,7,10H2,(H2,27,29,33,34)/t12-,13-/m0/s1. The summed E-state index contributed by atoms with van der Waals surface area (Å²) < 4.78 is 41.5. The van der Waals surface area contributed by atoms with Gasteiger partial charge in [0.25, 0.3) is 5.56 Å². The molecule has 1 aliphatic rings. The first-order valence-electron chi connectivity index (χ1n) is 10.5. The van der Waals surface area contributed by atoms with E-state index in [0.29, 0.717) is 28.1 Å². The fraction of sp³-hybridized carbons (Fsp3) is 0.227. The zero-order chi connectivity index (χ0) is 23.6. The summed E-state index contributed by atoms with van der Waals surface area (Å²) in [4.78, 5) is 37.3. The molecule has 5 aromatic rings. The molecule has 0 saturated heterocycles. The lowest BCUT2D eigenvalue weighted by Gasteiger charge is -2.09. The molecule has 34 heavy (non-hydrogen) atoms. The van der Waals surface area contributed by atoms with E-state index in [-0.39, 0.29) is 17.4 Å². The largest absolute Gasteiger partial charge is 0.406 e. The van der Waals surface area contributed by atoms with Gasteiger partial charge in [0.1, 0.15) is 12.2 Å². The van der Waals surface area contributed by atoms with Gasteiger partial charge in [-0.25, -0.2) is 19.3 Å². The van der Waals surface area contributed by atoms with E-state index in [0.717, 1.165) is 16.6 Å². The van der Waals surface area contributed by atoms with Gasteiger partial charge in [0.2, 0.25) is 0 Å². The Hall–Kier alpha value is -4.22. The van der Waals surface area contributed by atoms with E-state index in [1.807, 2.05) is 6.07 Å². The van der Waals surface area contributed by atoms with E-state index in [1.165, 1.54) is 12.4 Å². The second kappa shape index (κ2) is 7.14. The topological polar surface area (TPSA) is 114 Å². The Bertz CT molecular complexity index is 1680. The van der Waals surface area contributed by atoms with Gasteiger partial charge >= 0.3 is 11.9 Å². The fourth-order valence-corrected chi connectivity index (χ4v) is 4.41. The van der Waals surface area contributed by atoms with Crippen LogP contribution in [0.15, 0.2) is 58.6 Å². The van der Waals surface area contributed by atoms with Crippen LogP contribution in [0, 0.1) is 0 Å². The van der Waals surface area contributed by atoms with Crippen molar-refractivity contribution in [3.8, 4) is 11.3 Å². The molecule has 172 valence electrons. The summed E-state index contributed by atoms with van der Waals surface area (Å²) >= 11 is 0. The lowest BCUT2D eigenvalue weighted by atomic mass is 10.1. The summed E-state index contributed by atoms with van der Waals surface area (Å²) in [6, 6.07) is 7.00. The number of nitrogens with one attached hydrogen (secondary N) is 2. The molecular formula is C22H16F3N7O2. The first kappa shape index (κ1) is 20.4. The molecule has 2 atom stereocenters. The van der Waals surface area contributed by atoms with Gasteiger partial charge in [0.05, 0.1) is 11.3 Å². The molecule has 1 saturated carbocycles. The van der Waals surface area contributed by atoms with Crippen LogP contribution < -0.4 is 11.2 Å². The highest BCUT2D eigenvalue weighted by molar-refractivity contribution is 5.76. The van der Waals surface area contributed by atoms with Gasteiger partial charge in [-0.2, -0.15) is 18.3 Å². The molecule has 1 fully saturated rings. The lowest BCUT2D eigenvalue weighted by Crippen LogP contribution is -2.23. The number of hydrogen-bond donors (Lipinski definition) is 2. The van der Waals surface area contributed by atoms with E-state index in [1.54, 1.807) is 35.1 Å². The average Bonchev–Trinajstić information content (AvgIpc) is 3.26. The number of alkyl halides is 3. The molecule has 0 radical (unpaired) electrons. The molecule has 0 unspecified atom stereocenters. The van der Waals surface area contributed by atoms with Crippen molar-refractivity contribution in [1.82, 2.24) is 34.1 Å². The molecule has 0 amide bonds. The minimum Gasteiger partial charge on any atom is -0.323 e. The lowest BCUT2D eigenvalue weighted by molar-refractivity contribution is -0.139. The van der Waals surface area contributed by atoms with Crippen molar-refractivity contribution >= 4 is 16.7 Å². The molecule has 12 heteroatoms. The van der Waals surface area contributed by atoms with Crippen molar-refractivity contribution in [2.75, 3.05) is 0 Å². The summed E-state index contributed by atoms with van der Waals surface area (Å²) in [6.07, 6.45) is 2.35. The molecule has 0 spiro atoms. The van der Waals surface area contributed by atoms with Crippen molar-refractivity contribution in [3.05, 3.63) is 81.1 Å². The van der Waals surface area contributed by atoms with Crippen LogP contribution in [0.3, 0.4) is 0 Å². The van der Waals surface area contributed by atoms with Gasteiger partial charge in [-0.3, -0.25) is 9.78 Å². The molecule has 1 aliphatic carbocycles. The van der Waals surface area contributed by atoms with Crippen LogP contribution in [0.2, 0.25) is 0 Å². The zero-order valence-corrected chi connectivity index (χ0v) is 17.4. The Balaban J connectivity index is 1.39. The van der Waals surface area contributed by atoms with Crippen LogP contribution in [0.1, 0.15) is 29.5 Å². The number of rotatable bonds is 4. The van der Waals surface area contributed by atoms with Crippen LogP contribution in [0.4, 0.5) is 13.2 Å². The minimum atomic E-state index is -4.34. The molecule has 2 N–H and O–H groups in total. The van der Waals surface area contributed by atoms with E-state index in [2.05, 4.69) is 25.0 Å². The summed E-state index contributed by atoms with van der Waals surface area (Å²) in [5, 5.41) is 5.07. The fourth-order valence-electron chi connectivity index (χ4n) is 4.41. The van der Waals surface area contributed by atoms with E-state index >= 15 is 0 Å². The van der Waals surface area contributed by atoms with E-state index in [4.69, 9.17) is 0 Å². The van der Waals surface area contributed by atoms with Crippen LogP contribution >= 0.6 is 0 Å². The first-order valence-corrected chi connectivity index (χ1v) is 10.5. The maximum Gasteiger partial charge on any atom is 0.406 e. The predicted octanol–water partition coefficient (Wildman–Crippen LogP) is 2.96. The molecular weight excluding hydrogens is 451 g/mol. The Morgan fingerprint density at radius 3 is 2.74 bits per heavy atom. The van der Waals surface area contributed by atoms with Gasteiger partial charge in [0.15, 0.2) is 5.65 Å². The number of H-pyrrole nitrogens is 2. The monoisotopic (exact) mass is 467 g/mol. The SMILES string of the molecule is O=c1[nH]cc(-c2cc([C@H]3C[C@@H]3c3ccc4ccn(CC(F)(F)F)c4n3)c3nccn3n2)c(=O)[nH]1. The number of aromatic nitrogens is 7. The molecule has 0 aliphatic heterocycles. The van der Waals surface area contributed by atoms with Gasteiger partial charge in [-0.05, 0) is 36.6 Å². The third kappa shape index (κ3) is 3.47. The van der Waals surface area contributed by atoms with Gasteiger partial charge in [-0.1, -0.05) is 0 Å². The molecule has 5 heterocycles. The summed E-state index contributed by atoms with van der Waals surface area (Å²) in [5.74, 6) is -0.00674. The third-order valence-corrected chi connectivity index (χ3v) is 6.04. The molecule has 6 rings (SSSR count). The Labute approximate surface area is 187 Å². The van der Waals surface area contributed by atoms with Crippen molar-refractivity contribution in [1.29, 1.82) is 0 Å². The van der Waals surface area contributed by atoms with Gasteiger partial charge in [-0.15, -0.1) is 0 Å². The second-order valence-corrected chi connectivity index (χ2v) is 8.32. The smallest absolute Gasteiger partial charge is 0.323 e. The van der Waals surface area contributed by atoms with Crippen molar-refractivity contribution < 1.29 is 13.2 Å². The number of nitrogens with zero attached hydrogens (tertiary/aromatic N) is 5. The van der Waals surface area contributed by atoms with Crippen LogP contribution in [0.25, 0.3) is 27.9 Å². The highest BCUT2D eigenvalue weighted by Crippen LogP contribution is 2.55. The van der Waals surface area contributed by atoms with E-state index < -0.39 is 24.0 Å². The number of hydrogen-bond acceptors (Lipinski definition) is 5. The maximum absolute atomic E-state index is 12.9. The normalized spacial score (nSPS) is 18.1. The Morgan fingerprint density at radius 1 is 1.09 bits per heavy atom. The quantitative estimate of drug-likeness (QED) is 0.422.